The lowest BCUT2D eigenvalue weighted by atomic mass is 9.92. The Kier molecular flexibility index (Phi) is 5.02. The SMILES string of the molecule is Cc1cc(N2CCCCC2)ncc1C1CCCCN1C(C)C. The van der Waals surface area contributed by atoms with Gasteiger partial charge < -0.3 is 4.90 Å². The number of likely N-dealkylation sites (tertiary alicyclic amines) is 1. The number of hydrogen-bond donors (Lipinski definition) is 0. The molecule has 0 bridgehead atoms. The van der Waals surface area contributed by atoms with Crippen LogP contribution in [-0.2, 0) is 0 Å². The molecule has 2 aliphatic rings. The van der Waals surface area contributed by atoms with Crippen molar-refractivity contribution in [1.82, 2.24) is 9.88 Å². The highest BCUT2D eigenvalue weighted by Gasteiger charge is 2.27. The summed E-state index contributed by atoms with van der Waals surface area (Å²) in [5.41, 5.74) is 2.88. The minimum Gasteiger partial charge on any atom is -0.357 e. The summed E-state index contributed by atoms with van der Waals surface area (Å²) in [6.07, 6.45) is 10.1. The Morgan fingerprint density at radius 2 is 1.77 bits per heavy atom. The van der Waals surface area contributed by atoms with Crippen LogP contribution in [0.15, 0.2) is 12.3 Å². The zero-order valence-electron chi connectivity index (χ0n) is 14.5. The van der Waals surface area contributed by atoms with Gasteiger partial charge in [-0.3, -0.25) is 4.90 Å². The van der Waals surface area contributed by atoms with Crippen LogP contribution in [-0.4, -0.2) is 35.6 Å². The number of aromatic nitrogens is 1. The molecular formula is C19H31N3. The number of rotatable bonds is 3. The van der Waals surface area contributed by atoms with Crippen LogP contribution < -0.4 is 4.90 Å². The standard InChI is InChI=1S/C19H31N3/c1-15(2)22-12-8-5-9-18(22)17-14-20-19(13-16(17)3)21-10-6-4-7-11-21/h13-15,18H,4-12H2,1-3H3. The van der Waals surface area contributed by atoms with Crippen molar-refractivity contribution >= 4 is 5.82 Å². The molecule has 3 heteroatoms. The molecule has 0 amide bonds. The molecule has 1 unspecified atom stereocenters. The van der Waals surface area contributed by atoms with Crippen LogP contribution in [0.5, 0.6) is 0 Å². The first kappa shape index (κ1) is 15.8. The number of piperidine rings is 2. The topological polar surface area (TPSA) is 19.4 Å². The Labute approximate surface area is 135 Å². The van der Waals surface area contributed by atoms with Crippen molar-refractivity contribution in [2.75, 3.05) is 24.5 Å². The van der Waals surface area contributed by atoms with Crippen molar-refractivity contribution in [2.45, 2.75) is 71.4 Å². The maximum absolute atomic E-state index is 4.83. The fourth-order valence-corrected chi connectivity index (χ4v) is 4.10. The fraction of sp³-hybridized carbons (Fsp3) is 0.737. The van der Waals surface area contributed by atoms with Crippen molar-refractivity contribution in [1.29, 1.82) is 0 Å². The van der Waals surface area contributed by atoms with Gasteiger partial charge in [0, 0.05) is 31.4 Å². The van der Waals surface area contributed by atoms with E-state index in [0.29, 0.717) is 12.1 Å². The summed E-state index contributed by atoms with van der Waals surface area (Å²) in [6.45, 7) is 10.5. The molecule has 2 saturated heterocycles. The Bertz CT molecular complexity index is 491. The zero-order valence-corrected chi connectivity index (χ0v) is 14.5. The fourth-order valence-electron chi connectivity index (χ4n) is 4.10. The van der Waals surface area contributed by atoms with Crippen molar-refractivity contribution in [2.24, 2.45) is 0 Å². The molecule has 1 aromatic heterocycles. The van der Waals surface area contributed by atoms with Crippen molar-refractivity contribution in [3.8, 4) is 0 Å². The second-order valence-electron chi connectivity index (χ2n) is 7.29. The van der Waals surface area contributed by atoms with E-state index in [9.17, 15) is 0 Å². The van der Waals surface area contributed by atoms with Crippen LogP contribution in [0.25, 0.3) is 0 Å². The third kappa shape index (κ3) is 3.29. The average molecular weight is 301 g/mol. The smallest absolute Gasteiger partial charge is 0.128 e. The van der Waals surface area contributed by atoms with E-state index in [1.807, 2.05) is 0 Å². The van der Waals surface area contributed by atoms with Gasteiger partial charge in [-0.15, -0.1) is 0 Å². The molecule has 1 aromatic rings. The normalized spacial score (nSPS) is 24.0. The first-order chi connectivity index (χ1) is 10.7. The summed E-state index contributed by atoms with van der Waals surface area (Å²) in [7, 11) is 0. The highest BCUT2D eigenvalue weighted by Crippen LogP contribution is 2.34. The van der Waals surface area contributed by atoms with Crippen molar-refractivity contribution < 1.29 is 0 Å². The number of anilines is 1. The lowest BCUT2D eigenvalue weighted by Crippen LogP contribution is -2.39. The molecule has 3 nitrogen and oxygen atoms in total. The number of nitrogens with zero attached hydrogens (tertiary/aromatic N) is 3. The average Bonchev–Trinajstić information content (AvgIpc) is 2.55. The second kappa shape index (κ2) is 6.99. The van der Waals surface area contributed by atoms with E-state index in [1.54, 1.807) is 0 Å². The largest absolute Gasteiger partial charge is 0.357 e. The Morgan fingerprint density at radius 3 is 2.45 bits per heavy atom. The molecule has 22 heavy (non-hydrogen) atoms. The maximum Gasteiger partial charge on any atom is 0.128 e. The molecule has 1 atom stereocenters. The van der Waals surface area contributed by atoms with Crippen LogP contribution in [0.4, 0.5) is 5.82 Å². The summed E-state index contributed by atoms with van der Waals surface area (Å²) >= 11 is 0. The highest BCUT2D eigenvalue weighted by molar-refractivity contribution is 5.44. The lowest BCUT2D eigenvalue weighted by molar-refractivity contribution is 0.111. The number of hydrogen-bond acceptors (Lipinski definition) is 3. The molecule has 2 aliphatic heterocycles. The predicted octanol–water partition coefficient (Wildman–Crippen LogP) is 4.32. The molecule has 0 aliphatic carbocycles. The molecular weight excluding hydrogens is 270 g/mol. The summed E-state index contributed by atoms with van der Waals surface area (Å²) in [5, 5.41) is 0. The molecule has 0 aromatic carbocycles. The Hall–Kier alpha value is -1.09. The van der Waals surface area contributed by atoms with E-state index in [1.165, 1.54) is 75.1 Å². The maximum atomic E-state index is 4.83. The van der Waals surface area contributed by atoms with Gasteiger partial charge >= 0.3 is 0 Å². The number of pyridine rings is 1. The summed E-state index contributed by atoms with van der Waals surface area (Å²) < 4.78 is 0. The molecule has 0 N–H and O–H groups in total. The van der Waals surface area contributed by atoms with Gasteiger partial charge in [-0.2, -0.15) is 0 Å². The van der Waals surface area contributed by atoms with Gasteiger partial charge in [-0.1, -0.05) is 6.42 Å². The monoisotopic (exact) mass is 301 g/mol. The molecule has 0 saturated carbocycles. The molecule has 3 heterocycles. The van der Waals surface area contributed by atoms with E-state index in [0.717, 1.165) is 0 Å². The minimum absolute atomic E-state index is 0.566. The molecule has 2 fully saturated rings. The third-order valence-electron chi connectivity index (χ3n) is 5.38. The van der Waals surface area contributed by atoms with Gasteiger partial charge in [-0.25, -0.2) is 4.98 Å². The quantitative estimate of drug-likeness (QED) is 0.829. The van der Waals surface area contributed by atoms with E-state index < -0.39 is 0 Å². The number of aryl methyl sites for hydroxylation is 1. The molecule has 0 radical (unpaired) electrons. The Morgan fingerprint density at radius 1 is 1.05 bits per heavy atom. The molecule has 122 valence electrons. The van der Waals surface area contributed by atoms with Gasteiger partial charge in [0.1, 0.15) is 5.82 Å². The summed E-state index contributed by atoms with van der Waals surface area (Å²) in [6, 6.07) is 3.51. The third-order valence-corrected chi connectivity index (χ3v) is 5.38. The predicted molar refractivity (Wildman–Crippen MR) is 93.5 cm³/mol. The minimum atomic E-state index is 0.566. The molecule has 0 spiro atoms. The van der Waals surface area contributed by atoms with E-state index in [-0.39, 0.29) is 0 Å². The summed E-state index contributed by atoms with van der Waals surface area (Å²) in [4.78, 5) is 9.95. The van der Waals surface area contributed by atoms with Crippen LogP contribution in [0, 0.1) is 6.92 Å². The van der Waals surface area contributed by atoms with Crippen LogP contribution in [0.1, 0.15) is 69.5 Å². The van der Waals surface area contributed by atoms with Crippen LogP contribution >= 0.6 is 0 Å². The van der Waals surface area contributed by atoms with Gasteiger partial charge in [0.15, 0.2) is 0 Å². The van der Waals surface area contributed by atoms with E-state index >= 15 is 0 Å². The van der Waals surface area contributed by atoms with Crippen LogP contribution in [0.3, 0.4) is 0 Å². The van der Waals surface area contributed by atoms with Crippen LogP contribution in [0.2, 0.25) is 0 Å². The lowest BCUT2D eigenvalue weighted by Gasteiger charge is -2.39. The zero-order chi connectivity index (χ0) is 15.5. The van der Waals surface area contributed by atoms with E-state index in [2.05, 4.69) is 42.8 Å². The van der Waals surface area contributed by atoms with Gasteiger partial charge in [-0.05, 0) is 76.6 Å². The summed E-state index contributed by atoms with van der Waals surface area (Å²) in [5.74, 6) is 1.19. The van der Waals surface area contributed by atoms with E-state index in [4.69, 9.17) is 4.98 Å². The van der Waals surface area contributed by atoms with Gasteiger partial charge in [0.2, 0.25) is 0 Å². The van der Waals surface area contributed by atoms with Crippen molar-refractivity contribution in [3.05, 3.63) is 23.4 Å². The highest BCUT2D eigenvalue weighted by atomic mass is 15.2. The van der Waals surface area contributed by atoms with Gasteiger partial charge in [0.25, 0.3) is 0 Å². The molecule has 3 rings (SSSR count). The Balaban J connectivity index is 1.81. The van der Waals surface area contributed by atoms with Gasteiger partial charge in [0.05, 0.1) is 0 Å². The second-order valence-corrected chi connectivity index (χ2v) is 7.29. The van der Waals surface area contributed by atoms with Crippen molar-refractivity contribution in [3.63, 3.8) is 0 Å². The first-order valence-electron chi connectivity index (χ1n) is 9.14. The first-order valence-corrected chi connectivity index (χ1v) is 9.14.